The van der Waals surface area contributed by atoms with Gasteiger partial charge in [-0.15, -0.1) is 0 Å². The summed E-state index contributed by atoms with van der Waals surface area (Å²) in [6, 6.07) is 14.8. The van der Waals surface area contributed by atoms with E-state index >= 15 is 0 Å². The molecule has 1 saturated carbocycles. The fraction of sp³-hybridized carbons (Fsp3) is 0.458. The second kappa shape index (κ2) is 12.1. The fourth-order valence-corrected chi connectivity index (χ4v) is 3.48. The van der Waals surface area contributed by atoms with Gasteiger partial charge in [-0.25, -0.2) is 9.18 Å². The summed E-state index contributed by atoms with van der Waals surface area (Å²) in [5, 5.41) is 0. The highest BCUT2D eigenvalue weighted by Gasteiger charge is 2.21. The van der Waals surface area contributed by atoms with Crippen LogP contribution in [0.4, 0.5) is 9.18 Å². The summed E-state index contributed by atoms with van der Waals surface area (Å²) in [5.74, 6) is 0.531. The van der Waals surface area contributed by atoms with Gasteiger partial charge in [-0.05, 0) is 55.7 Å². The van der Waals surface area contributed by atoms with Gasteiger partial charge in [0.15, 0.2) is 0 Å². The zero-order chi connectivity index (χ0) is 21.2. The van der Waals surface area contributed by atoms with Gasteiger partial charge in [0, 0.05) is 29.7 Å². The molecule has 0 bridgehead atoms. The lowest BCUT2D eigenvalue weighted by molar-refractivity contribution is 0.0894. The zero-order valence-electron chi connectivity index (χ0n) is 17.2. The SMILES string of the molecule is Fc1cc(Br)ccc1COCC1CC1.O=C(OCc1ccccc1)N1CCCCC1. The van der Waals surface area contributed by atoms with Crippen LogP contribution in [0.5, 0.6) is 0 Å². The average Bonchev–Trinajstić information content (AvgIpc) is 3.60. The number of benzene rings is 2. The molecule has 6 heteroatoms. The molecule has 162 valence electrons. The molecule has 0 aromatic heterocycles. The number of halogens is 2. The molecular weight excluding hydrogens is 449 g/mol. The average molecular weight is 478 g/mol. The first-order chi connectivity index (χ1) is 14.6. The third-order valence-electron chi connectivity index (χ3n) is 5.14. The molecule has 0 atom stereocenters. The highest BCUT2D eigenvalue weighted by molar-refractivity contribution is 9.10. The number of piperidine rings is 1. The van der Waals surface area contributed by atoms with Crippen LogP contribution in [-0.2, 0) is 22.7 Å². The Bertz CT molecular complexity index is 792. The van der Waals surface area contributed by atoms with E-state index in [9.17, 15) is 9.18 Å². The Hall–Kier alpha value is -1.92. The Morgan fingerprint density at radius 3 is 2.43 bits per heavy atom. The van der Waals surface area contributed by atoms with Crippen LogP contribution in [0.15, 0.2) is 53.0 Å². The van der Waals surface area contributed by atoms with Crippen molar-refractivity contribution in [3.63, 3.8) is 0 Å². The molecule has 2 fully saturated rings. The number of carbonyl (C=O) groups excluding carboxylic acids is 1. The topological polar surface area (TPSA) is 38.8 Å². The predicted molar refractivity (Wildman–Crippen MR) is 119 cm³/mol. The molecule has 0 unspecified atom stereocenters. The summed E-state index contributed by atoms with van der Waals surface area (Å²) in [4.78, 5) is 13.5. The monoisotopic (exact) mass is 477 g/mol. The van der Waals surface area contributed by atoms with Gasteiger partial charge in [0.05, 0.1) is 6.61 Å². The van der Waals surface area contributed by atoms with E-state index < -0.39 is 0 Å². The number of carbonyl (C=O) groups is 1. The maximum atomic E-state index is 13.3. The number of likely N-dealkylation sites (tertiary alicyclic amines) is 1. The van der Waals surface area contributed by atoms with Gasteiger partial charge in [-0.2, -0.15) is 0 Å². The number of hydrogen-bond acceptors (Lipinski definition) is 3. The van der Waals surface area contributed by atoms with Gasteiger partial charge in [0.25, 0.3) is 0 Å². The molecule has 1 aliphatic heterocycles. The molecular formula is C24H29BrFNO3. The van der Waals surface area contributed by atoms with E-state index in [-0.39, 0.29) is 11.9 Å². The molecule has 0 radical (unpaired) electrons. The van der Waals surface area contributed by atoms with E-state index in [1.165, 1.54) is 25.3 Å². The summed E-state index contributed by atoms with van der Waals surface area (Å²) in [6.07, 6.45) is 5.78. The first-order valence-corrected chi connectivity index (χ1v) is 11.4. The van der Waals surface area contributed by atoms with Gasteiger partial charge < -0.3 is 14.4 Å². The standard InChI is InChI=1S/C13H17NO2.C11H12BrFO/c15-13(14-9-5-2-6-10-14)16-11-12-7-3-1-4-8-12;12-10-4-3-9(11(13)5-10)7-14-6-8-1-2-8/h1,3-4,7-8H,2,5-6,9-11H2;3-5,8H,1-2,6-7H2. The summed E-state index contributed by atoms with van der Waals surface area (Å²) in [7, 11) is 0. The van der Waals surface area contributed by atoms with Crippen LogP contribution in [0.25, 0.3) is 0 Å². The second-order valence-corrected chi connectivity index (χ2v) is 8.70. The molecule has 2 aromatic rings. The Balaban J connectivity index is 0.000000172. The quantitative estimate of drug-likeness (QED) is 0.488. The number of hydrogen-bond donors (Lipinski definition) is 0. The van der Waals surface area contributed by atoms with Crippen molar-refractivity contribution >= 4 is 22.0 Å². The second-order valence-electron chi connectivity index (χ2n) is 7.78. The summed E-state index contributed by atoms with van der Waals surface area (Å²) in [5.41, 5.74) is 1.67. The predicted octanol–water partition coefficient (Wildman–Crippen LogP) is 6.32. The Morgan fingerprint density at radius 1 is 1.03 bits per heavy atom. The summed E-state index contributed by atoms with van der Waals surface area (Å²) < 4.78 is 24.7. The van der Waals surface area contributed by atoms with Crippen LogP contribution in [0, 0.1) is 11.7 Å². The largest absolute Gasteiger partial charge is 0.445 e. The lowest BCUT2D eigenvalue weighted by Crippen LogP contribution is -2.35. The molecule has 1 amide bonds. The van der Waals surface area contributed by atoms with Crippen molar-refractivity contribution in [2.75, 3.05) is 19.7 Å². The van der Waals surface area contributed by atoms with Crippen molar-refractivity contribution in [3.05, 3.63) is 69.9 Å². The van der Waals surface area contributed by atoms with E-state index in [1.807, 2.05) is 36.4 Å². The van der Waals surface area contributed by atoms with E-state index in [0.717, 1.165) is 48.5 Å². The van der Waals surface area contributed by atoms with E-state index in [0.29, 0.717) is 18.8 Å². The van der Waals surface area contributed by atoms with Crippen LogP contribution in [0.1, 0.15) is 43.2 Å². The molecule has 2 aromatic carbocycles. The van der Waals surface area contributed by atoms with Crippen LogP contribution in [-0.4, -0.2) is 30.7 Å². The maximum Gasteiger partial charge on any atom is 0.410 e. The molecule has 0 spiro atoms. The third-order valence-corrected chi connectivity index (χ3v) is 5.64. The molecule has 2 aliphatic rings. The minimum absolute atomic E-state index is 0.177. The Morgan fingerprint density at radius 2 is 1.77 bits per heavy atom. The van der Waals surface area contributed by atoms with Gasteiger partial charge in [-0.3, -0.25) is 0 Å². The maximum absolute atomic E-state index is 13.3. The van der Waals surface area contributed by atoms with E-state index in [1.54, 1.807) is 11.0 Å². The van der Waals surface area contributed by atoms with Crippen molar-refractivity contribution in [2.24, 2.45) is 5.92 Å². The van der Waals surface area contributed by atoms with Crippen molar-refractivity contribution in [1.82, 2.24) is 4.90 Å². The van der Waals surface area contributed by atoms with Crippen LogP contribution in [0.2, 0.25) is 0 Å². The lowest BCUT2D eigenvalue weighted by Gasteiger charge is -2.25. The minimum Gasteiger partial charge on any atom is -0.445 e. The molecule has 1 heterocycles. The van der Waals surface area contributed by atoms with Crippen molar-refractivity contribution in [2.45, 2.75) is 45.3 Å². The van der Waals surface area contributed by atoms with Gasteiger partial charge in [0.1, 0.15) is 12.4 Å². The number of amides is 1. The van der Waals surface area contributed by atoms with E-state index in [2.05, 4.69) is 15.9 Å². The Labute approximate surface area is 186 Å². The van der Waals surface area contributed by atoms with Crippen LogP contribution in [0.3, 0.4) is 0 Å². The lowest BCUT2D eigenvalue weighted by atomic mass is 10.1. The van der Waals surface area contributed by atoms with Gasteiger partial charge in [-0.1, -0.05) is 52.3 Å². The highest BCUT2D eigenvalue weighted by Crippen LogP contribution is 2.29. The summed E-state index contributed by atoms with van der Waals surface area (Å²) in [6.45, 7) is 3.21. The molecule has 4 rings (SSSR count). The number of ether oxygens (including phenoxy) is 2. The first kappa shape index (κ1) is 22.8. The van der Waals surface area contributed by atoms with Crippen LogP contribution < -0.4 is 0 Å². The van der Waals surface area contributed by atoms with Crippen molar-refractivity contribution < 1.29 is 18.7 Å². The minimum atomic E-state index is -0.199. The normalized spacial score (nSPS) is 15.9. The third kappa shape index (κ3) is 8.07. The van der Waals surface area contributed by atoms with Gasteiger partial charge >= 0.3 is 6.09 Å². The van der Waals surface area contributed by atoms with Crippen molar-refractivity contribution in [3.8, 4) is 0 Å². The molecule has 4 nitrogen and oxygen atoms in total. The highest BCUT2D eigenvalue weighted by atomic mass is 79.9. The zero-order valence-corrected chi connectivity index (χ0v) is 18.8. The fourth-order valence-electron chi connectivity index (χ4n) is 3.15. The first-order valence-electron chi connectivity index (χ1n) is 10.6. The van der Waals surface area contributed by atoms with Crippen LogP contribution >= 0.6 is 15.9 Å². The molecule has 0 N–H and O–H groups in total. The van der Waals surface area contributed by atoms with Crippen molar-refractivity contribution in [1.29, 1.82) is 0 Å². The Kier molecular flexibility index (Phi) is 9.15. The van der Waals surface area contributed by atoms with Gasteiger partial charge in [0.2, 0.25) is 0 Å². The molecule has 1 saturated heterocycles. The molecule has 1 aliphatic carbocycles. The molecule has 30 heavy (non-hydrogen) atoms. The van der Waals surface area contributed by atoms with E-state index in [4.69, 9.17) is 9.47 Å². The smallest absolute Gasteiger partial charge is 0.410 e. The number of nitrogens with zero attached hydrogens (tertiary/aromatic N) is 1. The number of rotatable bonds is 6. The summed E-state index contributed by atoms with van der Waals surface area (Å²) >= 11 is 3.22.